The molecule has 0 saturated heterocycles. The predicted molar refractivity (Wildman–Crippen MR) is 67.4 cm³/mol. The van der Waals surface area contributed by atoms with Crippen molar-refractivity contribution in [1.82, 2.24) is 4.98 Å². The summed E-state index contributed by atoms with van der Waals surface area (Å²) in [5.41, 5.74) is 2.66. The Kier molecular flexibility index (Phi) is 4.34. The van der Waals surface area contributed by atoms with E-state index in [0.29, 0.717) is 13.2 Å². The highest BCUT2D eigenvalue weighted by Crippen LogP contribution is 2.22. The van der Waals surface area contributed by atoms with Crippen LogP contribution in [0, 0.1) is 0 Å². The predicted octanol–water partition coefficient (Wildman–Crippen LogP) is 1.02. The molecule has 2 rings (SSSR count). The van der Waals surface area contributed by atoms with E-state index < -0.39 is 0 Å². The number of hydrogen-bond acceptors (Lipinski definition) is 4. The van der Waals surface area contributed by atoms with Gasteiger partial charge in [-0.15, -0.1) is 0 Å². The minimum atomic E-state index is 0.0841. The fourth-order valence-electron chi connectivity index (χ4n) is 2.10. The van der Waals surface area contributed by atoms with Gasteiger partial charge in [0.1, 0.15) is 5.82 Å². The molecule has 1 aromatic heterocycles. The van der Waals surface area contributed by atoms with Crippen LogP contribution in [0.25, 0.3) is 0 Å². The van der Waals surface area contributed by atoms with E-state index in [2.05, 4.69) is 22.0 Å². The molecule has 0 fully saturated rings. The van der Waals surface area contributed by atoms with Crippen LogP contribution in [0.1, 0.15) is 17.7 Å². The number of ether oxygens (including phenoxy) is 1. The molecule has 0 saturated carbocycles. The van der Waals surface area contributed by atoms with Gasteiger partial charge in [-0.05, 0) is 30.9 Å². The summed E-state index contributed by atoms with van der Waals surface area (Å²) < 4.78 is 5.25. The van der Waals surface area contributed by atoms with Crippen molar-refractivity contribution in [1.29, 1.82) is 0 Å². The van der Waals surface area contributed by atoms with E-state index in [1.54, 1.807) is 0 Å². The van der Waals surface area contributed by atoms with Crippen molar-refractivity contribution in [2.45, 2.75) is 19.3 Å². The van der Waals surface area contributed by atoms with Crippen LogP contribution in [-0.2, 0) is 17.6 Å². The largest absolute Gasteiger partial charge is 0.394 e. The van der Waals surface area contributed by atoms with Crippen molar-refractivity contribution < 1.29 is 9.84 Å². The van der Waals surface area contributed by atoms with Gasteiger partial charge >= 0.3 is 0 Å². The van der Waals surface area contributed by atoms with Gasteiger partial charge in [-0.3, -0.25) is 0 Å². The standard InChI is InChI=1S/C13H20N2O2/c1-15(7-9-17-10-8-16)13-6-5-11-3-2-4-12(11)14-13/h5-6,16H,2-4,7-10H2,1H3. The van der Waals surface area contributed by atoms with Gasteiger partial charge in [-0.25, -0.2) is 4.98 Å². The van der Waals surface area contributed by atoms with E-state index >= 15 is 0 Å². The van der Waals surface area contributed by atoms with Gasteiger partial charge in [-0.1, -0.05) is 6.07 Å². The molecule has 1 aromatic rings. The zero-order valence-electron chi connectivity index (χ0n) is 10.4. The molecule has 1 aliphatic carbocycles. The Morgan fingerprint density at radius 2 is 2.24 bits per heavy atom. The average Bonchev–Trinajstić information content (AvgIpc) is 2.81. The van der Waals surface area contributed by atoms with E-state index in [9.17, 15) is 0 Å². The average molecular weight is 236 g/mol. The Morgan fingerprint density at radius 1 is 1.35 bits per heavy atom. The molecule has 4 nitrogen and oxygen atoms in total. The highest BCUT2D eigenvalue weighted by atomic mass is 16.5. The molecule has 4 heteroatoms. The van der Waals surface area contributed by atoms with Crippen molar-refractivity contribution >= 4 is 5.82 Å². The minimum Gasteiger partial charge on any atom is -0.394 e. The van der Waals surface area contributed by atoms with Crippen molar-refractivity contribution in [2.75, 3.05) is 38.3 Å². The van der Waals surface area contributed by atoms with Gasteiger partial charge in [-0.2, -0.15) is 0 Å². The van der Waals surface area contributed by atoms with Crippen LogP contribution in [0.3, 0.4) is 0 Å². The maximum atomic E-state index is 8.60. The normalized spacial score (nSPS) is 13.8. The lowest BCUT2D eigenvalue weighted by Gasteiger charge is -2.18. The SMILES string of the molecule is CN(CCOCCO)c1ccc2c(n1)CCC2. The number of aromatic nitrogens is 1. The van der Waals surface area contributed by atoms with E-state index in [-0.39, 0.29) is 6.61 Å². The van der Waals surface area contributed by atoms with Gasteiger partial charge in [0.25, 0.3) is 0 Å². The Hall–Kier alpha value is -1.13. The first-order valence-electron chi connectivity index (χ1n) is 6.20. The summed E-state index contributed by atoms with van der Waals surface area (Å²) in [4.78, 5) is 6.77. The topological polar surface area (TPSA) is 45.6 Å². The third kappa shape index (κ3) is 3.17. The summed E-state index contributed by atoms with van der Waals surface area (Å²) in [6, 6.07) is 4.27. The summed E-state index contributed by atoms with van der Waals surface area (Å²) in [5.74, 6) is 1.01. The van der Waals surface area contributed by atoms with E-state index in [1.807, 2.05) is 7.05 Å². The fraction of sp³-hybridized carbons (Fsp3) is 0.615. The number of anilines is 1. The molecular weight excluding hydrogens is 216 g/mol. The summed E-state index contributed by atoms with van der Waals surface area (Å²) in [7, 11) is 2.02. The van der Waals surface area contributed by atoms with Gasteiger partial charge in [0.15, 0.2) is 0 Å². The number of nitrogens with zero attached hydrogens (tertiary/aromatic N) is 2. The number of aliphatic hydroxyl groups is 1. The number of rotatable bonds is 6. The van der Waals surface area contributed by atoms with Gasteiger partial charge < -0.3 is 14.7 Å². The summed E-state index contributed by atoms with van der Waals surface area (Å²) >= 11 is 0. The summed E-state index contributed by atoms with van der Waals surface area (Å²) in [6.07, 6.45) is 3.51. The number of fused-ring (bicyclic) bond motifs is 1. The number of likely N-dealkylation sites (N-methyl/N-ethyl adjacent to an activating group) is 1. The Labute approximate surface area is 102 Å². The molecule has 1 aliphatic rings. The molecule has 0 aliphatic heterocycles. The van der Waals surface area contributed by atoms with Crippen molar-refractivity contribution in [3.05, 3.63) is 23.4 Å². The third-order valence-electron chi connectivity index (χ3n) is 3.11. The second kappa shape index (κ2) is 5.98. The maximum Gasteiger partial charge on any atom is 0.128 e. The zero-order chi connectivity index (χ0) is 12.1. The quantitative estimate of drug-likeness (QED) is 0.749. The third-order valence-corrected chi connectivity index (χ3v) is 3.11. The highest BCUT2D eigenvalue weighted by Gasteiger charge is 2.13. The molecule has 1 heterocycles. The number of pyridine rings is 1. The maximum absolute atomic E-state index is 8.60. The van der Waals surface area contributed by atoms with E-state index in [4.69, 9.17) is 9.84 Å². The number of hydrogen-bond donors (Lipinski definition) is 1. The first-order valence-corrected chi connectivity index (χ1v) is 6.20. The molecular formula is C13H20N2O2. The molecule has 0 unspecified atom stereocenters. The lowest BCUT2D eigenvalue weighted by atomic mass is 10.2. The van der Waals surface area contributed by atoms with Gasteiger partial charge in [0.2, 0.25) is 0 Å². The number of aliphatic hydroxyl groups excluding tert-OH is 1. The Balaban J connectivity index is 1.88. The fourth-order valence-corrected chi connectivity index (χ4v) is 2.10. The molecule has 94 valence electrons. The number of aryl methyl sites for hydroxylation is 2. The second-order valence-corrected chi connectivity index (χ2v) is 4.39. The monoisotopic (exact) mass is 236 g/mol. The van der Waals surface area contributed by atoms with Crippen LogP contribution in [0.4, 0.5) is 5.82 Å². The molecule has 0 atom stereocenters. The van der Waals surface area contributed by atoms with E-state index in [0.717, 1.165) is 18.8 Å². The first-order chi connectivity index (χ1) is 8.31. The summed E-state index contributed by atoms with van der Waals surface area (Å²) in [5, 5.41) is 8.60. The zero-order valence-corrected chi connectivity index (χ0v) is 10.4. The molecule has 1 N–H and O–H groups in total. The molecule has 0 aromatic carbocycles. The van der Waals surface area contributed by atoms with Crippen LogP contribution in [-0.4, -0.2) is 43.5 Å². The molecule has 0 bridgehead atoms. The molecule has 0 amide bonds. The Morgan fingerprint density at radius 3 is 3.06 bits per heavy atom. The molecule has 17 heavy (non-hydrogen) atoms. The lowest BCUT2D eigenvalue weighted by molar-refractivity contribution is 0.0970. The smallest absolute Gasteiger partial charge is 0.128 e. The highest BCUT2D eigenvalue weighted by molar-refractivity contribution is 5.42. The van der Waals surface area contributed by atoms with Crippen LogP contribution in [0.5, 0.6) is 0 Å². The molecule has 0 radical (unpaired) electrons. The first kappa shape index (κ1) is 12.3. The molecule has 0 spiro atoms. The van der Waals surface area contributed by atoms with Crippen molar-refractivity contribution in [3.8, 4) is 0 Å². The van der Waals surface area contributed by atoms with Crippen LogP contribution >= 0.6 is 0 Å². The van der Waals surface area contributed by atoms with Crippen LogP contribution in [0.2, 0.25) is 0 Å². The summed E-state index contributed by atoms with van der Waals surface area (Å²) in [6.45, 7) is 1.91. The van der Waals surface area contributed by atoms with Crippen LogP contribution in [0.15, 0.2) is 12.1 Å². The van der Waals surface area contributed by atoms with Crippen molar-refractivity contribution in [2.24, 2.45) is 0 Å². The minimum absolute atomic E-state index is 0.0841. The second-order valence-electron chi connectivity index (χ2n) is 4.39. The lowest BCUT2D eigenvalue weighted by Crippen LogP contribution is -2.24. The Bertz CT molecular complexity index is 368. The van der Waals surface area contributed by atoms with E-state index in [1.165, 1.54) is 24.1 Å². The van der Waals surface area contributed by atoms with Gasteiger partial charge in [0, 0.05) is 19.3 Å². The van der Waals surface area contributed by atoms with Crippen LogP contribution < -0.4 is 4.90 Å². The van der Waals surface area contributed by atoms with Gasteiger partial charge in [0.05, 0.1) is 19.8 Å². The van der Waals surface area contributed by atoms with Crippen molar-refractivity contribution in [3.63, 3.8) is 0 Å².